The lowest BCUT2D eigenvalue weighted by molar-refractivity contribution is -0.125. The molecule has 0 saturated carbocycles. The maximum atomic E-state index is 11.9. The second kappa shape index (κ2) is 8.75. The summed E-state index contributed by atoms with van der Waals surface area (Å²) in [5.74, 6) is 2.33. The molecule has 1 N–H and O–H groups in total. The molecule has 0 radical (unpaired) electrons. The quantitative estimate of drug-likeness (QED) is 0.587. The van der Waals surface area contributed by atoms with Crippen molar-refractivity contribution in [1.82, 2.24) is 24.4 Å². The molecule has 8 heteroatoms. The highest BCUT2D eigenvalue weighted by Crippen LogP contribution is 2.31. The highest BCUT2D eigenvalue weighted by molar-refractivity contribution is 5.88. The molecule has 162 valence electrons. The molecule has 4 heterocycles. The van der Waals surface area contributed by atoms with Crippen LogP contribution in [-0.4, -0.2) is 49.5 Å². The van der Waals surface area contributed by atoms with Crippen LogP contribution in [0.2, 0.25) is 0 Å². The first kappa shape index (κ1) is 20.8. The number of carbonyl (C=O) groups is 1. The fourth-order valence-electron chi connectivity index (χ4n) is 3.83. The van der Waals surface area contributed by atoms with Gasteiger partial charge in [0, 0.05) is 43.5 Å². The third kappa shape index (κ3) is 4.68. The van der Waals surface area contributed by atoms with E-state index in [1.807, 2.05) is 25.1 Å². The number of likely N-dealkylation sites (tertiary alicyclic amines) is 1. The molecule has 3 aromatic heterocycles. The number of aryl methyl sites for hydroxylation is 1. The van der Waals surface area contributed by atoms with Crippen LogP contribution in [0.15, 0.2) is 43.4 Å². The first-order valence-electron chi connectivity index (χ1n) is 10.6. The summed E-state index contributed by atoms with van der Waals surface area (Å²) in [5, 5.41) is 4.23. The molecule has 0 aromatic carbocycles. The van der Waals surface area contributed by atoms with E-state index in [0.29, 0.717) is 36.5 Å². The van der Waals surface area contributed by atoms with Gasteiger partial charge in [-0.25, -0.2) is 9.97 Å². The average molecular weight is 421 g/mol. The van der Waals surface area contributed by atoms with Crippen LogP contribution in [0.5, 0.6) is 5.88 Å². The molecule has 1 fully saturated rings. The number of nitrogens with one attached hydrogen (secondary N) is 1. The Kier molecular flexibility index (Phi) is 5.88. The number of hydrogen-bond donors (Lipinski definition) is 1. The molecule has 31 heavy (non-hydrogen) atoms. The van der Waals surface area contributed by atoms with E-state index < -0.39 is 0 Å². The zero-order valence-corrected chi connectivity index (χ0v) is 18.2. The van der Waals surface area contributed by atoms with Crippen LogP contribution in [-0.2, 0) is 11.3 Å². The lowest BCUT2D eigenvalue weighted by Crippen LogP contribution is -2.29. The van der Waals surface area contributed by atoms with Gasteiger partial charge in [-0.15, -0.1) is 0 Å². The van der Waals surface area contributed by atoms with E-state index in [0.717, 1.165) is 29.6 Å². The first-order valence-corrected chi connectivity index (χ1v) is 10.6. The number of anilines is 2. The predicted octanol–water partition coefficient (Wildman–Crippen LogP) is 3.70. The summed E-state index contributed by atoms with van der Waals surface area (Å²) in [4.78, 5) is 26.8. The second-order valence-electron chi connectivity index (χ2n) is 8.29. The Morgan fingerprint density at radius 2 is 2.19 bits per heavy atom. The minimum atomic E-state index is -0.107. The van der Waals surface area contributed by atoms with E-state index >= 15 is 0 Å². The number of fused-ring (bicyclic) bond motifs is 1. The molecular weight excluding hydrogens is 392 g/mol. The van der Waals surface area contributed by atoms with Gasteiger partial charge < -0.3 is 19.5 Å². The number of pyridine rings is 1. The number of ether oxygens (including phenoxy) is 1. The molecule has 0 spiro atoms. The van der Waals surface area contributed by atoms with Crippen LogP contribution in [0.25, 0.3) is 10.9 Å². The van der Waals surface area contributed by atoms with Gasteiger partial charge in [-0.2, -0.15) is 4.98 Å². The Morgan fingerprint density at radius 3 is 2.94 bits per heavy atom. The summed E-state index contributed by atoms with van der Waals surface area (Å²) in [6.07, 6.45) is 5.60. The molecule has 1 saturated heterocycles. The molecule has 8 nitrogen and oxygen atoms in total. The van der Waals surface area contributed by atoms with Gasteiger partial charge in [-0.05, 0) is 25.0 Å². The lowest BCUT2D eigenvalue weighted by Gasteiger charge is -2.17. The SMILES string of the molecule is C=CC(=O)N1CC[C@H](Oc2nc(Nc3cc(C)ncn3)cc3c2ccn3CC(C)C)C1. The van der Waals surface area contributed by atoms with E-state index in [2.05, 4.69) is 46.5 Å². The standard InChI is InChI=1S/C23H28N6O2/c1-5-22(30)29-8-6-17(13-29)31-23-18-7-9-28(12-15(2)3)19(18)11-21(27-23)26-20-10-16(4)24-14-25-20/h5,7,9-11,14-15,17H,1,6,8,12-13H2,2-4H3,(H,24,25,26,27)/t17-/m0/s1. The van der Waals surface area contributed by atoms with E-state index in [-0.39, 0.29) is 12.0 Å². The Morgan fingerprint density at radius 1 is 1.35 bits per heavy atom. The third-order valence-electron chi connectivity index (χ3n) is 5.26. The molecule has 4 rings (SSSR count). The number of nitrogens with zero attached hydrogens (tertiary/aromatic N) is 5. The third-order valence-corrected chi connectivity index (χ3v) is 5.26. The Hall–Kier alpha value is -3.42. The zero-order valence-electron chi connectivity index (χ0n) is 18.2. The summed E-state index contributed by atoms with van der Waals surface area (Å²) >= 11 is 0. The van der Waals surface area contributed by atoms with Gasteiger partial charge in [0.25, 0.3) is 0 Å². The fourth-order valence-corrected chi connectivity index (χ4v) is 3.83. The minimum absolute atomic E-state index is 0.0677. The van der Waals surface area contributed by atoms with Crippen molar-refractivity contribution in [1.29, 1.82) is 0 Å². The molecule has 0 unspecified atom stereocenters. The number of rotatable bonds is 7. The van der Waals surface area contributed by atoms with Crippen LogP contribution < -0.4 is 10.1 Å². The molecule has 1 atom stereocenters. The van der Waals surface area contributed by atoms with Crippen molar-refractivity contribution in [3.63, 3.8) is 0 Å². The highest BCUT2D eigenvalue weighted by atomic mass is 16.5. The zero-order chi connectivity index (χ0) is 22.0. The lowest BCUT2D eigenvalue weighted by atomic mass is 10.2. The monoisotopic (exact) mass is 420 g/mol. The Labute approximate surface area is 182 Å². The number of carbonyl (C=O) groups excluding carboxylic acids is 1. The van der Waals surface area contributed by atoms with Crippen molar-refractivity contribution in [2.75, 3.05) is 18.4 Å². The van der Waals surface area contributed by atoms with E-state index in [1.165, 1.54) is 12.4 Å². The van der Waals surface area contributed by atoms with Crippen LogP contribution in [0.4, 0.5) is 11.6 Å². The molecule has 0 bridgehead atoms. The fraction of sp³-hybridized carbons (Fsp3) is 0.391. The summed E-state index contributed by atoms with van der Waals surface area (Å²) in [7, 11) is 0. The average Bonchev–Trinajstić information content (AvgIpc) is 3.35. The van der Waals surface area contributed by atoms with Gasteiger partial charge in [-0.1, -0.05) is 20.4 Å². The smallest absolute Gasteiger partial charge is 0.246 e. The molecule has 1 aliphatic rings. The van der Waals surface area contributed by atoms with Crippen molar-refractivity contribution in [3.8, 4) is 5.88 Å². The number of hydrogen-bond acceptors (Lipinski definition) is 6. The minimum Gasteiger partial charge on any atom is -0.472 e. The van der Waals surface area contributed by atoms with Crippen LogP contribution in [0, 0.1) is 12.8 Å². The summed E-state index contributed by atoms with van der Waals surface area (Å²) in [6.45, 7) is 12.0. The first-order chi connectivity index (χ1) is 14.9. The Bertz CT molecular complexity index is 1110. The van der Waals surface area contributed by atoms with Gasteiger partial charge in [0.2, 0.25) is 11.8 Å². The second-order valence-corrected chi connectivity index (χ2v) is 8.29. The van der Waals surface area contributed by atoms with Crippen LogP contribution >= 0.6 is 0 Å². The van der Waals surface area contributed by atoms with Gasteiger partial charge >= 0.3 is 0 Å². The van der Waals surface area contributed by atoms with E-state index in [4.69, 9.17) is 9.72 Å². The number of aromatic nitrogens is 4. The molecular formula is C23H28N6O2. The molecule has 1 amide bonds. The topological polar surface area (TPSA) is 85.2 Å². The van der Waals surface area contributed by atoms with Crippen molar-refractivity contribution in [2.24, 2.45) is 5.92 Å². The van der Waals surface area contributed by atoms with Crippen molar-refractivity contribution in [2.45, 2.75) is 39.8 Å². The molecule has 3 aromatic rings. The van der Waals surface area contributed by atoms with Gasteiger partial charge in [0.05, 0.1) is 17.4 Å². The summed E-state index contributed by atoms with van der Waals surface area (Å²) in [6, 6.07) is 5.93. The van der Waals surface area contributed by atoms with Crippen LogP contribution in [0.3, 0.4) is 0 Å². The Balaban J connectivity index is 1.66. The van der Waals surface area contributed by atoms with Gasteiger partial charge in [-0.3, -0.25) is 4.79 Å². The molecule has 0 aliphatic carbocycles. The van der Waals surface area contributed by atoms with Crippen molar-refractivity contribution >= 4 is 28.4 Å². The molecule has 1 aliphatic heterocycles. The van der Waals surface area contributed by atoms with Crippen LogP contribution in [0.1, 0.15) is 26.0 Å². The van der Waals surface area contributed by atoms with Crippen molar-refractivity contribution in [3.05, 3.63) is 49.1 Å². The summed E-state index contributed by atoms with van der Waals surface area (Å²) in [5.41, 5.74) is 1.92. The van der Waals surface area contributed by atoms with Gasteiger partial charge in [0.15, 0.2) is 0 Å². The van der Waals surface area contributed by atoms with Crippen molar-refractivity contribution < 1.29 is 9.53 Å². The highest BCUT2D eigenvalue weighted by Gasteiger charge is 2.27. The normalized spacial score (nSPS) is 16.1. The number of amides is 1. The largest absolute Gasteiger partial charge is 0.472 e. The summed E-state index contributed by atoms with van der Waals surface area (Å²) < 4.78 is 8.52. The van der Waals surface area contributed by atoms with E-state index in [1.54, 1.807) is 4.90 Å². The maximum absolute atomic E-state index is 11.9. The maximum Gasteiger partial charge on any atom is 0.246 e. The van der Waals surface area contributed by atoms with E-state index in [9.17, 15) is 4.79 Å². The van der Waals surface area contributed by atoms with Gasteiger partial charge in [0.1, 0.15) is 24.1 Å². The predicted molar refractivity (Wildman–Crippen MR) is 120 cm³/mol.